The van der Waals surface area contributed by atoms with Crippen LogP contribution in [0.2, 0.25) is 0 Å². The average Bonchev–Trinajstić information content (AvgIpc) is 1.35. The van der Waals surface area contributed by atoms with Gasteiger partial charge in [0, 0.05) is 0 Å². The summed E-state index contributed by atoms with van der Waals surface area (Å²) in [6.07, 6.45) is 1.84. The normalized spacial score (nSPS) is 12.6. The van der Waals surface area contributed by atoms with E-state index in [0.717, 1.165) is 12.8 Å². The van der Waals surface area contributed by atoms with Crippen LogP contribution in [0.5, 0.6) is 0 Å². The molecule has 0 bridgehead atoms. The predicted molar refractivity (Wildman–Crippen MR) is 18.7 cm³/mol. The van der Waals surface area contributed by atoms with E-state index in [1.807, 2.05) is 6.92 Å². The quantitative estimate of drug-likeness (QED) is 0.482. The molecule has 0 saturated heterocycles. The Hall–Kier alpha value is 2.25. The minimum Gasteiger partial charge on any atom is 1.00 e. The summed E-state index contributed by atoms with van der Waals surface area (Å²) < 4.78 is -0.352. The molecule has 1 unspecified atom stereocenters. The minimum absolute atomic E-state index is 0. The van der Waals surface area contributed by atoms with Gasteiger partial charge in [-0.2, -0.15) is 0 Å². The van der Waals surface area contributed by atoms with Gasteiger partial charge in [0.1, 0.15) is 0 Å². The van der Waals surface area contributed by atoms with Gasteiger partial charge in [-0.15, -0.1) is 0 Å². The summed E-state index contributed by atoms with van der Waals surface area (Å²) >= 11 is 1.70. The van der Waals surface area contributed by atoms with Crippen LogP contribution in [0.15, 0.2) is 0 Å². The molecule has 0 rings (SSSR count). The van der Waals surface area contributed by atoms with Crippen molar-refractivity contribution in [3.05, 3.63) is 0 Å². The first-order valence-corrected chi connectivity index (χ1v) is 3.28. The summed E-state index contributed by atoms with van der Waals surface area (Å²) in [6, 6.07) is 0. The number of hydrogen-bond acceptors (Lipinski definition) is 1. The van der Waals surface area contributed by atoms with Crippen LogP contribution in [0.4, 0.5) is 0 Å². The maximum absolute atomic E-state index is 10.1. The van der Waals surface area contributed by atoms with Crippen molar-refractivity contribution in [2.45, 2.75) is 21.8 Å². The molecule has 0 radical (unpaired) electrons. The Labute approximate surface area is 91.5 Å². The molecular weight excluding hydrogens is 246 g/mol. The molecule has 3 heteroatoms. The molecule has 0 aliphatic heterocycles. The van der Waals surface area contributed by atoms with Crippen LogP contribution >= 0.6 is 0 Å². The first-order chi connectivity index (χ1) is 2.77. The van der Waals surface area contributed by atoms with Crippen molar-refractivity contribution in [3.63, 3.8) is 0 Å². The summed E-state index contributed by atoms with van der Waals surface area (Å²) in [5.74, 6) is 0. The summed E-state index contributed by atoms with van der Waals surface area (Å²) in [7, 11) is 0. The molecule has 0 aromatic rings. The SMILES string of the molecule is CCC[CH]([O-])[Tb].[Na+]. The molecule has 0 saturated carbocycles. The molecule has 1 nitrogen and oxygen atoms in total. The van der Waals surface area contributed by atoms with Crippen LogP contribution in [0.25, 0.3) is 0 Å². The molecule has 0 aromatic carbocycles. The van der Waals surface area contributed by atoms with E-state index in [1.54, 1.807) is 36.6 Å². The van der Waals surface area contributed by atoms with E-state index in [9.17, 15) is 5.11 Å². The van der Waals surface area contributed by atoms with Gasteiger partial charge >= 0.3 is 93.1 Å². The smallest absolute Gasteiger partial charge is 1.00 e. The van der Waals surface area contributed by atoms with E-state index in [1.165, 1.54) is 0 Å². The van der Waals surface area contributed by atoms with Gasteiger partial charge in [0.05, 0.1) is 0 Å². The Morgan fingerprint density at radius 2 is 2.14 bits per heavy atom. The molecule has 0 aliphatic carbocycles. The molecule has 0 heterocycles. The average molecular weight is 254 g/mol. The molecule has 0 aliphatic rings. The first-order valence-electron chi connectivity index (χ1n) is 2.04. The zero-order chi connectivity index (χ0) is 4.99. The fraction of sp³-hybridized carbons (Fsp3) is 1.00. The summed E-state index contributed by atoms with van der Waals surface area (Å²) in [5.41, 5.74) is 0. The van der Waals surface area contributed by atoms with Crippen LogP contribution < -0.4 is 34.7 Å². The zero-order valence-corrected chi connectivity index (χ0v) is 8.87. The maximum atomic E-state index is 10.1. The van der Waals surface area contributed by atoms with Gasteiger partial charge in [-0.05, 0) is 0 Å². The second-order valence-electron chi connectivity index (χ2n) is 1.17. The standard InChI is InChI=1S/C4H8O.Na.Tb/c1-2-3-4-5;;/h4H,2-3H2,1H3;;/q-1;+1;. The van der Waals surface area contributed by atoms with Crippen molar-refractivity contribution in [1.29, 1.82) is 0 Å². The van der Waals surface area contributed by atoms with Gasteiger partial charge in [0.25, 0.3) is 0 Å². The topological polar surface area (TPSA) is 23.1 Å². The van der Waals surface area contributed by atoms with Gasteiger partial charge in [0.15, 0.2) is 0 Å². The molecule has 0 fully saturated rings. The molecule has 0 aromatic heterocycles. The van der Waals surface area contributed by atoms with Gasteiger partial charge in [0.2, 0.25) is 0 Å². The monoisotopic (exact) mass is 254 g/mol. The third kappa shape index (κ3) is 11.7. The number of rotatable bonds is 2. The molecule has 0 N–H and O–H groups in total. The van der Waals surface area contributed by atoms with Gasteiger partial charge in [-0.1, -0.05) is 0 Å². The Balaban J connectivity index is 0. The van der Waals surface area contributed by atoms with Crippen molar-refractivity contribution in [3.8, 4) is 0 Å². The summed E-state index contributed by atoms with van der Waals surface area (Å²) in [4.78, 5) is 0. The molecular formula is C4H8NaOTb. The van der Waals surface area contributed by atoms with E-state index in [4.69, 9.17) is 0 Å². The van der Waals surface area contributed by atoms with E-state index < -0.39 is 0 Å². The van der Waals surface area contributed by atoms with Crippen molar-refractivity contribution in [2.75, 3.05) is 0 Å². The van der Waals surface area contributed by atoms with E-state index in [0.29, 0.717) is 0 Å². The Kier molecular flexibility index (Phi) is 14.1. The van der Waals surface area contributed by atoms with Crippen molar-refractivity contribution >= 4 is 0 Å². The van der Waals surface area contributed by atoms with Gasteiger partial charge in [-0.25, -0.2) is 0 Å². The van der Waals surface area contributed by atoms with Crippen LogP contribution in [0, 0.1) is 36.6 Å². The Bertz CT molecular complexity index is 32.9. The van der Waals surface area contributed by atoms with Crippen LogP contribution in [-0.4, -0.2) is 2.08 Å². The second-order valence-corrected chi connectivity index (χ2v) is 2.55. The number of hydrogen-bond donors (Lipinski definition) is 0. The van der Waals surface area contributed by atoms with E-state index in [2.05, 4.69) is 0 Å². The van der Waals surface area contributed by atoms with Crippen LogP contribution in [0.1, 0.15) is 19.8 Å². The van der Waals surface area contributed by atoms with Crippen molar-refractivity contribution in [2.24, 2.45) is 0 Å². The Morgan fingerprint density at radius 3 is 2.14 bits per heavy atom. The molecule has 1 atom stereocenters. The van der Waals surface area contributed by atoms with Crippen LogP contribution in [0.3, 0.4) is 0 Å². The summed E-state index contributed by atoms with van der Waals surface area (Å²) in [6.45, 7) is 2.02. The van der Waals surface area contributed by atoms with Crippen LogP contribution in [-0.2, 0) is 0 Å². The van der Waals surface area contributed by atoms with E-state index in [-0.39, 0.29) is 31.6 Å². The second kappa shape index (κ2) is 8.25. The minimum atomic E-state index is -0.352. The molecule has 7 heavy (non-hydrogen) atoms. The van der Waals surface area contributed by atoms with Crippen molar-refractivity contribution < 1.29 is 71.3 Å². The fourth-order valence-corrected chi connectivity index (χ4v) is 0.831. The molecule has 0 spiro atoms. The predicted octanol–water partition coefficient (Wildman–Crippen LogP) is -2.97. The maximum Gasteiger partial charge on any atom is 1.00 e. The largest absolute Gasteiger partial charge is 1.00 e. The zero-order valence-electron chi connectivity index (χ0n) is 4.73. The van der Waals surface area contributed by atoms with Gasteiger partial charge in [-0.3, -0.25) is 0 Å². The third-order valence-corrected chi connectivity index (χ3v) is 1.12. The van der Waals surface area contributed by atoms with Crippen molar-refractivity contribution in [1.82, 2.24) is 0 Å². The van der Waals surface area contributed by atoms with E-state index >= 15 is 0 Å². The molecule has 40 valence electrons. The third-order valence-electron chi connectivity index (χ3n) is 0.503. The fourth-order valence-electron chi connectivity index (χ4n) is 0.214. The Morgan fingerprint density at radius 1 is 1.71 bits per heavy atom. The van der Waals surface area contributed by atoms with Gasteiger partial charge < -0.3 is 0 Å². The summed E-state index contributed by atoms with van der Waals surface area (Å²) in [5, 5.41) is 10.1. The molecule has 0 amide bonds. The first kappa shape index (κ1) is 12.0.